The SMILES string of the molecule is CCc1cc(-c2n[nH]c(=S)n2N)no1. The number of H-pyrrole nitrogens is 1. The van der Waals surface area contributed by atoms with Crippen LogP contribution in [0.25, 0.3) is 11.5 Å². The Morgan fingerprint density at radius 1 is 1.71 bits per heavy atom. The van der Waals surface area contributed by atoms with E-state index in [1.54, 1.807) is 6.07 Å². The van der Waals surface area contributed by atoms with Gasteiger partial charge in [-0.3, -0.25) is 0 Å². The Bertz CT molecular complexity index is 496. The van der Waals surface area contributed by atoms with Crippen molar-refractivity contribution in [3.05, 3.63) is 16.6 Å². The van der Waals surface area contributed by atoms with Gasteiger partial charge >= 0.3 is 0 Å². The van der Waals surface area contributed by atoms with E-state index in [0.29, 0.717) is 16.3 Å². The molecule has 0 aliphatic heterocycles. The molecule has 2 aromatic rings. The smallest absolute Gasteiger partial charge is 0.214 e. The van der Waals surface area contributed by atoms with Crippen molar-refractivity contribution in [2.24, 2.45) is 0 Å². The lowest BCUT2D eigenvalue weighted by molar-refractivity contribution is 0.388. The highest BCUT2D eigenvalue weighted by molar-refractivity contribution is 7.71. The number of hydrogen-bond acceptors (Lipinski definition) is 5. The summed E-state index contributed by atoms with van der Waals surface area (Å²) in [6, 6.07) is 1.79. The Hall–Kier alpha value is -1.63. The van der Waals surface area contributed by atoms with Gasteiger partial charge in [-0.1, -0.05) is 12.1 Å². The number of nitrogen functional groups attached to an aromatic ring is 1. The molecule has 0 saturated heterocycles. The van der Waals surface area contributed by atoms with Crippen molar-refractivity contribution >= 4 is 12.2 Å². The standard InChI is InChI=1S/C7H9N5OS/c1-2-4-3-5(11-13-4)6-9-10-7(14)12(6)8/h3H,2,8H2,1H3,(H,10,14). The molecule has 0 amide bonds. The van der Waals surface area contributed by atoms with E-state index >= 15 is 0 Å². The lowest BCUT2D eigenvalue weighted by Crippen LogP contribution is -2.09. The van der Waals surface area contributed by atoms with E-state index in [2.05, 4.69) is 15.4 Å². The van der Waals surface area contributed by atoms with Crippen LogP contribution < -0.4 is 5.84 Å². The van der Waals surface area contributed by atoms with Crippen LogP contribution in [0.1, 0.15) is 12.7 Å². The number of aromatic amines is 1. The van der Waals surface area contributed by atoms with Crippen molar-refractivity contribution in [3.63, 3.8) is 0 Å². The minimum absolute atomic E-state index is 0.348. The van der Waals surface area contributed by atoms with E-state index in [-0.39, 0.29) is 0 Å². The normalized spacial score (nSPS) is 10.6. The maximum atomic E-state index is 5.62. The topological polar surface area (TPSA) is 85.7 Å². The van der Waals surface area contributed by atoms with E-state index in [1.165, 1.54) is 4.68 Å². The average molecular weight is 211 g/mol. The van der Waals surface area contributed by atoms with Crippen LogP contribution in [0.15, 0.2) is 10.6 Å². The third kappa shape index (κ3) is 1.31. The fourth-order valence-corrected chi connectivity index (χ4v) is 1.20. The van der Waals surface area contributed by atoms with Gasteiger partial charge in [0.15, 0.2) is 5.69 Å². The highest BCUT2D eigenvalue weighted by Gasteiger charge is 2.11. The van der Waals surface area contributed by atoms with Crippen LogP contribution in [-0.4, -0.2) is 20.0 Å². The Kier molecular flexibility index (Phi) is 2.08. The molecule has 2 rings (SSSR count). The summed E-state index contributed by atoms with van der Waals surface area (Å²) in [7, 11) is 0. The number of rotatable bonds is 2. The first-order valence-electron chi connectivity index (χ1n) is 4.11. The van der Waals surface area contributed by atoms with Crippen molar-refractivity contribution in [1.82, 2.24) is 20.0 Å². The molecule has 3 N–H and O–H groups in total. The number of nitrogens with two attached hydrogens (primary N) is 1. The molecular weight excluding hydrogens is 202 g/mol. The van der Waals surface area contributed by atoms with Crippen LogP contribution in [0.3, 0.4) is 0 Å². The molecule has 0 aromatic carbocycles. The predicted octanol–water partition coefficient (Wildman–Crippen LogP) is 0.872. The van der Waals surface area contributed by atoms with E-state index < -0.39 is 0 Å². The molecule has 14 heavy (non-hydrogen) atoms. The molecule has 0 bridgehead atoms. The Labute approximate surface area is 84.7 Å². The molecule has 0 atom stereocenters. The van der Waals surface area contributed by atoms with Gasteiger partial charge in [-0.25, -0.2) is 9.77 Å². The molecule has 0 saturated carbocycles. The van der Waals surface area contributed by atoms with Crippen LogP contribution in [0.2, 0.25) is 0 Å². The van der Waals surface area contributed by atoms with Crippen LogP contribution in [0.4, 0.5) is 0 Å². The van der Waals surface area contributed by atoms with Crippen LogP contribution in [-0.2, 0) is 6.42 Å². The van der Waals surface area contributed by atoms with Crippen molar-refractivity contribution < 1.29 is 4.52 Å². The molecule has 0 fully saturated rings. The minimum Gasteiger partial charge on any atom is -0.361 e. The van der Waals surface area contributed by atoms with Gasteiger partial charge in [0.1, 0.15) is 5.76 Å². The quantitative estimate of drug-likeness (QED) is 0.568. The van der Waals surface area contributed by atoms with Gasteiger partial charge in [-0.2, -0.15) is 5.10 Å². The molecule has 2 aromatic heterocycles. The fraction of sp³-hybridized carbons (Fsp3) is 0.286. The number of aryl methyl sites for hydroxylation is 1. The second kappa shape index (κ2) is 3.26. The summed E-state index contributed by atoms with van der Waals surface area (Å²) in [5.74, 6) is 6.88. The van der Waals surface area contributed by atoms with Crippen molar-refractivity contribution in [1.29, 1.82) is 0 Å². The van der Waals surface area contributed by atoms with Gasteiger partial charge < -0.3 is 10.4 Å². The van der Waals surface area contributed by atoms with Crippen LogP contribution in [0.5, 0.6) is 0 Å². The first-order valence-corrected chi connectivity index (χ1v) is 4.51. The minimum atomic E-state index is 0.348. The highest BCUT2D eigenvalue weighted by atomic mass is 32.1. The third-order valence-corrected chi connectivity index (χ3v) is 2.13. The molecule has 0 aliphatic rings. The highest BCUT2D eigenvalue weighted by Crippen LogP contribution is 2.15. The van der Waals surface area contributed by atoms with E-state index in [4.69, 9.17) is 22.6 Å². The summed E-state index contributed by atoms with van der Waals surface area (Å²) in [5, 5.41) is 10.3. The summed E-state index contributed by atoms with van der Waals surface area (Å²) in [4.78, 5) is 0. The molecule has 7 heteroatoms. The maximum Gasteiger partial charge on any atom is 0.214 e. The molecule has 74 valence electrons. The molecule has 0 radical (unpaired) electrons. The summed E-state index contributed by atoms with van der Waals surface area (Å²) >= 11 is 4.87. The molecule has 0 aliphatic carbocycles. The first kappa shape index (κ1) is 8.95. The third-order valence-electron chi connectivity index (χ3n) is 1.84. The van der Waals surface area contributed by atoms with Gasteiger partial charge in [-0.05, 0) is 12.2 Å². The molecular formula is C7H9N5OS. The Balaban J connectivity index is 2.49. The van der Waals surface area contributed by atoms with Crippen LogP contribution >= 0.6 is 12.2 Å². The molecule has 0 unspecified atom stereocenters. The summed E-state index contributed by atoms with van der Waals surface area (Å²) in [5.41, 5.74) is 0.580. The van der Waals surface area contributed by atoms with E-state index in [9.17, 15) is 0 Å². The van der Waals surface area contributed by atoms with Crippen LogP contribution in [0, 0.1) is 4.77 Å². The number of hydrogen-bond donors (Lipinski definition) is 2. The van der Waals surface area contributed by atoms with Gasteiger partial charge in [0.2, 0.25) is 10.6 Å². The summed E-state index contributed by atoms with van der Waals surface area (Å²) < 4.78 is 6.63. The molecule has 2 heterocycles. The van der Waals surface area contributed by atoms with Gasteiger partial charge in [0.25, 0.3) is 0 Å². The second-order valence-electron chi connectivity index (χ2n) is 2.75. The number of aromatic nitrogens is 4. The van der Waals surface area contributed by atoms with E-state index in [1.807, 2.05) is 6.92 Å². The van der Waals surface area contributed by atoms with Gasteiger partial charge in [0.05, 0.1) is 0 Å². The lowest BCUT2D eigenvalue weighted by atomic mass is 10.3. The van der Waals surface area contributed by atoms with Crippen molar-refractivity contribution in [3.8, 4) is 11.5 Å². The Morgan fingerprint density at radius 3 is 3.00 bits per heavy atom. The predicted molar refractivity (Wildman–Crippen MR) is 52.4 cm³/mol. The van der Waals surface area contributed by atoms with Gasteiger partial charge in [-0.15, -0.1) is 0 Å². The fourth-order valence-electron chi connectivity index (χ4n) is 1.07. The maximum absolute atomic E-state index is 5.62. The zero-order valence-electron chi connectivity index (χ0n) is 7.52. The zero-order valence-corrected chi connectivity index (χ0v) is 8.34. The second-order valence-corrected chi connectivity index (χ2v) is 3.14. The van der Waals surface area contributed by atoms with Gasteiger partial charge in [0, 0.05) is 12.5 Å². The lowest BCUT2D eigenvalue weighted by Gasteiger charge is -1.92. The largest absolute Gasteiger partial charge is 0.361 e. The van der Waals surface area contributed by atoms with Crippen molar-refractivity contribution in [2.75, 3.05) is 5.84 Å². The summed E-state index contributed by atoms with van der Waals surface area (Å²) in [6.07, 6.45) is 0.780. The molecule has 0 spiro atoms. The number of nitrogens with zero attached hydrogens (tertiary/aromatic N) is 3. The first-order chi connectivity index (χ1) is 6.72. The zero-order chi connectivity index (χ0) is 10.1. The molecule has 6 nitrogen and oxygen atoms in total. The van der Waals surface area contributed by atoms with E-state index in [0.717, 1.165) is 12.2 Å². The number of nitrogens with one attached hydrogen (secondary N) is 1. The Morgan fingerprint density at radius 2 is 2.50 bits per heavy atom. The average Bonchev–Trinajstić information content (AvgIpc) is 2.75. The summed E-state index contributed by atoms with van der Waals surface area (Å²) in [6.45, 7) is 1.98. The monoisotopic (exact) mass is 211 g/mol. The van der Waals surface area contributed by atoms with Crippen molar-refractivity contribution in [2.45, 2.75) is 13.3 Å².